The molecule has 1 aromatic carbocycles. The fourth-order valence-electron chi connectivity index (χ4n) is 4.15. The van der Waals surface area contributed by atoms with E-state index < -0.39 is 0 Å². The first-order valence-electron chi connectivity index (χ1n) is 10.9. The molecule has 3 aromatic rings. The van der Waals surface area contributed by atoms with Crippen LogP contribution in [0.5, 0.6) is 0 Å². The summed E-state index contributed by atoms with van der Waals surface area (Å²) in [6, 6.07) is 9.30. The van der Waals surface area contributed by atoms with Crippen LogP contribution in [0, 0.1) is 20.8 Å². The molecule has 3 heterocycles. The topological polar surface area (TPSA) is 104 Å². The molecule has 8 nitrogen and oxygen atoms in total. The number of carbonyl (C=O) groups is 2. The molecule has 1 atom stereocenters. The van der Waals surface area contributed by atoms with Crippen molar-refractivity contribution in [2.24, 2.45) is 0 Å². The molecule has 166 valence electrons. The van der Waals surface area contributed by atoms with Crippen molar-refractivity contribution < 1.29 is 9.59 Å². The van der Waals surface area contributed by atoms with Gasteiger partial charge in [0.2, 0.25) is 5.91 Å². The number of rotatable bonds is 6. The highest BCUT2D eigenvalue weighted by atomic mass is 16.2. The third-order valence-electron chi connectivity index (χ3n) is 6.05. The summed E-state index contributed by atoms with van der Waals surface area (Å²) in [5, 5.41) is 10.0. The second-order valence-corrected chi connectivity index (χ2v) is 8.29. The number of aromatic amines is 1. The molecule has 1 fully saturated rings. The van der Waals surface area contributed by atoms with Gasteiger partial charge in [-0.3, -0.25) is 14.7 Å². The average Bonchev–Trinajstić information content (AvgIpc) is 3.40. The summed E-state index contributed by atoms with van der Waals surface area (Å²) >= 11 is 0. The Bertz CT molecular complexity index is 1110. The zero-order valence-electron chi connectivity index (χ0n) is 18.7. The van der Waals surface area contributed by atoms with E-state index in [1.54, 1.807) is 6.20 Å². The van der Waals surface area contributed by atoms with Crippen molar-refractivity contribution >= 4 is 17.5 Å². The Labute approximate surface area is 187 Å². The third-order valence-corrected chi connectivity index (χ3v) is 6.05. The highest BCUT2D eigenvalue weighted by molar-refractivity contribution is 6.04. The van der Waals surface area contributed by atoms with E-state index in [1.807, 2.05) is 56.0 Å². The van der Waals surface area contributed by atoms with E-state index in [0.717, 1.165) is 29.1 Å². The van der Waals surface area contributed by atoms with Gasteiger partial charge in [-0.05, 0) is 51.3 Å². The molecular formula is C24H28N6O2. The fraction of sp³-hybridized carbons (Fsp3) is 0.375. The van der Waals surface area contributed by atoms with E-state index in [4.69, 9.17) is 0 Å². The monoisotopic (exact) mass is 432 g/mol. The molecule has 1 aliphatic rings. The first-order chi connectivity index (χ1) is 15.4. The first-order valence-corrected chi connectivity index (χ1v) is 10.9. The molecule has 0 aliphatic carbocycles. The Morgan fingerprint density at radius 1 is 1.16 bits per heavy atom. The SMILES string of the molecule is Cc1nc(C2CCN(C(=O)CCc3c(C)n[nH]c3C)C2)ncc1C(=O)Nc1ccccc1. The van der Waals surface area contributed by atoms with Crippen molar-refractivity contribution in [3.63, 3.8) is 0 Å². The van der Waals surface area contributed by atoms with Crippen LogP contribution >= 0.6 is 0 Å². The molecule has 0 bridgehead atoms. The Morgan fingerprint density at radius 3 is 2.62 bits per heavy atom. The molecule has 32 heavy (non-hydrogen) atoms. The van der Waals surface area contributed by atoms with Crippen LogP contribution in [0.2, 0.25) is 0 Å². The van der Waals surface area contributed by atoms with Crippen LogP contribution < -0.4 is 5.32 Å². The van der Waals surface area contributed by atoms with Crippen LogP contribution in [0.3, 0.4) is 0 Å². The van der Waals surface area contributed by atoms with Crippen molar-refractivity contribution in [3.05, 3.63) is 70.6 Å². The van der Waals surface area contributed by atoms with Crippen LogP contribution in [0.4, 0.5) is 5.69 Å². The van der Waals surface area contributed by atoms with Crippen molar-refractivity contribution in [3.8, 4) is 0 Å². The van der Waals surface area contributed by atoms with E-state index >= 15 is 0 Å². The number of amides is 2. The van der Waals surface area contributed by atoms with E-state index in [2.05, 4.69) is 25.5 Å². The lowest BCUT2D eigenvalue weighted by Crippen LogP contribution is -2.29. The lowest BCUT2D eigenvalue weighted by atomic mass is 10.1. The Morgan fingerprint density at radius 2 is 1.94 bits per heavy atom. The largest absolute Gasteiger partial charge is 0.342 e. The summed E-state index contributed by atoms with van der Waals surface area (Å²) in [6.07, 6.45) is 3.57. The minimum atomic E-state index is -0.228. The summed E-state index contributed by atoms with van der Waals surface area (Å²) in [5.41, 5.74) is 4.92. The van der Waals surface area contributed by atoms with Gasteiger partial charge in [0.15, 0.2) is 0 Å². The number of likely N-dealkylation sites (tertiary alicyclic amines) is 1. The molecule has 0 saturated carbocycles. The summed E-state index contributed by atoms with van der Waals surface area (Å²) in [6.45, 7) is 7.06. The van der Waals surface area contributed by atoms with Gasteiger partial charge in [-0.1, -0.05) is 18.2 Å². The van der Waals surface area contributed by atoms with Crippen molar-refractivity contribution in [1.29, 1.82) is 0 Å². The predicted octanol–water partition coefficient (Wildman–Crippen LogP) is 3.33. The van der Waals surface area contributed by atoms with E-state index in [1.165, 1.54) is 0 Å². The van der Waals surface area contributed by atoms with Gasteiger partial charge in [-0.2, -0.15) is 5.10 Å². The van der Waals surface area contributed by atoms with E-state index in [9.17, 15) is 9.59 Å². The van der Waals surface area contributed by atoms with Gasteiger partial charge in [0.05, 0.1) is 17.0 Å². The molecule has 0 radical (unpaired) electrons. The quantitative estimate of drug-likeness (QED) is 0.622. The maximum atomic E-state index is 12.7. The number of aromatic nitrogens is 4. The minimum Gasteiger partial charge on any atom is -0.342 e. The number of hydrogen-bond donors (Lipinski definition) is 2. The third kappa shape index (κ3) is 4.69. The molecular weight excluding hydrogens is 404 g/mol. The van der Waals surface area contributed by atoms with Crippen LogP contribution in [0.25, 0.3) is 0 Å². The zero-order valence-corrected chi connectivity index (χ0v) is 18.7. The van der Waals surface area contributed by atoms with E-state index in [-0.39, 0.29) is 17.7 Å². The highest BCUT2D eigenvalue weighted by Gasteiger charge is 2.29. The number of hydrogen-bond acceptors (Lipinski definition) is 5. The number of benzene rings is 1. The van der Waals surface area contributed by atoms with Crippen molar-refractivity contribution in [2.45, 2.75) is 46.0 Å². The van der Waals surface area contributed by atoms with Gasteiger partial charge in [0, 0.05) is 43.0 Å². The maximum Gasteiger partial charge on any atom is 0.259 e. The number of nitrogens with one attached hydrogen (secondary N) is 2. The van der Waals surface area contributed by atoms with Gasteiger partial charge < -0.3 is 10.2 Å². The number of anilines is 1. The smallest absolute Gasteiger partial charge is 0.259 e. The number of para-hydroxylation sites is 1. The number of H-pyrrole nitrogens is 1. The summed E-state index contributed by atoms with van der Waals surface area (Å²) in [7, 11) is 0. The standard InChI is InChI=1S/C24H28N6O2/c1-15-21(24(32)27-19-7-5-4-6-8-19)13-25-23(26-15)18-11-12-30(14-18)22(31)10-9-20-16(2)28-29-17(20)3/h4-8,13,18H,9-12,14H2,1-3H3,(H,27,32)(H,28,29). The Balaban J connectivity index is 1.36. The maximum absolute atomic E-state index is 12.7. The molecule has 2 amide bonds. The van der Waals surface area contributed by atoms with Gasteiger partial charge in [0.1, 0.15) is 5.82 Å². The molecule has 0 spiro atoms. The average molecular weight is 433 g/mol. The number of carbonyl (C=O) groups excluding carboxylic acids is 2. The van der Waals surface area contributed by atoms with Crippen LogP contribution in [0.1, 0.15) is 57.6 Å². The van der Waals surface area contributed by atoms with Crippen LogP contribution in [-0.4, -0.2) is 50.0 Å². The second kappa shape index (κ2) is 9.30. The van der Waals surface area contributed by atoms with Crippen molar-refractivity contribution in [1.82, 2.24) is 25.1 Å². The van der Waals surface area contributed by atoms with E-state index in [0.29, 0.717) is 43.0 Å². The fourth-order valence-corrected chi connectivity index (χ4v) is 4.15. The molecule has 2 N–H and O–H groups in total. The highest BCUT2D eigenvalue weighted by Crippen LogP contribution is 2.26. The summed E-state index contributed by atoms with van der Waals surface area (Å²) < 4.78 is 0. The first kappa shape index (κ1) is 21.7. The molecule has 2 aromatic heterocycles. The Kier molecular flexibility index (Phi) is 6.30. The lowest BCUT2D eigenvalue weighted by Gasteiger charge is -2.16. The van der Waals surface area contributed by atoms with Crippen LogP contribution in [-0.2, 0) is 11.2 Å². The zero-order chi connectivity index (χ0) is 22.7. The van der Waals surface area contributed by atoms with Gasteiger partial charge in [-0.15, -0.1) is 0 Å². The van der Waals surface area contributed by atoms with Crippen molar-refractivity contribution in [2.75, 3.05) is 18.4 Å². The number of nitrogens with zero attached hydrogens (tertiary/aromatic N) is 4. The van der Waals surface area contributed by atoms with Gasteiger partial charge in [0.25, 0.3) is 5.91 Å². The lowest BCUT2D eigenvalue weighted by molar-refractivity contribution is -0.130. The van der Waals surface area contributed by atoms with Gasteiger partial charge in [-0.25, -0.2) is 9.97 Å². The second-order valence-electron chi connectivity index (χ2n) is 8.29. The molecule has 4 rings (SSSR count). The van der Waals surface area contributed by atoms with Gasteiger partial charge >= 0.3 is 0 Å². The summed E-state index contributed by atoms with van der Waals surface area (Å²) in [4.78, 5) is 36.3. The summed E-state index contributed by atoms with van der Waals surface area (Å²) in [5.74, 6) is 0.688. The molecule has 1 saturated heterocycles. The Hall–Kier alpha value is -3.55. The molecule has 1 unspecified atom stereocenters. The van der Waals surface area contributed by atoms with Crippen LogP contribution in [0.15, 0.2) is 36.5 Å². The number of aryl methyl sites for hydroxylation is 3. The normalized spacial score (nSPS) is 15.7. The molecule has 1 aliphatic heterocycles. The predicted molar refractivity (Wildman–Crippen MR) is 121 cm³/mol. The molecule has 8 heteroatoms. The minimum absolute atomic E-state index is 0.0845.